The van der Waals surface area contributed by atoms with Gasteiger partial charge in [-0.05, 0) is 19.5 Å². The van der Waals surface area contributed by atoms with Crippen molar-refractivity contribution in [2.75, 3.05) is 33.3 Å². The standard InChI is InChI=1S/C14H22N2O/c1-12-11-16(8-9-17-12)14(10-15-2)13-6-4-3-5-7-13/h3-7,12,14-15H,8-11H2,1-2H3. The van der Waals surface area contributed by atoms with Crippen LogP contribution in [0.25, 0.3) is 0 Å². The smallest absolute Gasteiger partial charge is 0.0674 e. The molecule has 1 aromatic rings. The van der Waals surface area contributed by atoms with Crippen LogP contribution in [0.5, 0.6) is 0 Å². The van der Waals surface area contributed by atoms with Gasteiger partial charge in [0.25, 0.3) is 0 Å². The highest BCUT2D eigenvalue weighted by Crippen LogP contribution is 2.22. The molecule has 17 heavy (non-hydrogen) atoms. The first-order chi connectivity index (χ1) is 8.31. The largest absolute Gasteiger partial charge is 0.376 e. The summed E-state index contributed by atoms with van der Waals surface area (Å²) >= 11 is 0. The summed E-state index contributed by atoms with van der Waals surface area (Å²) in [4.78, 5) is 2.51. The van der Waals surface area contributed by atoms with E-state index in [0.717, 1.165) is 26.2 Å². The zero-order valence-corrected chi connectivity index (χ0v) is 10.7. The third-order valence-electron chi connectivity index (χ3n) is 3.30. The second-order valence-electron chi connectivity index (χ2n) is 4.66. The fourth-order valence-electron chi connectivity index (χ4n) is 2.45. The number of ether oxygens (including phenoxy) is 1. The monoisotopic (exact) mass is 234 g/mol. The van der Waals surface area contributed by atoms with E-state index in [1.54, 1.807) is 0 Å². The first-order valence-electron chi connectivity index (χ1n) is 6.36. The third-order valence-corrected chi connectivity index (χ3v) is 3.30. The summed E-state index contributed by atoms with van der Waals surface area (Å²) in [6.07, 6.45) is 0.340. The average molecular weight is 234 g/mol. The van der Waals surface area contributed by atoms with Crippen LogP contribution in [-0.4, -0.2) is 44.3 Å². The van der Waals surface area contributed by atoms with Gasteiger partial charge in [-0.1, -0.05) is 30.3 Å². The highest BCUT2D eigenvalue weighted by atomic mass is 16.5. The first kappa shape index (κ1) is 12.6. The maximum absolute atomic E-state index is 5.61. The van der Waals surface area contributed by atoms with Crippen LogP contribution >= 0.6 is 0 Å². The van der Waals surface area contributed by atoms with Crippen LogP contribution in [-0.2, 0) is 4.74 Å². The van der Waals surface area contributed by atoms with Gasteiger partial charge in [0.05, 0.1) is 12.7 Å². The van der Waals surface area contributed by atoms with Crippen molar-refractivity contribution in [2.45, 2.75) is 19.1 Å². The van der Waals surface area contributed by atoms with Crippen LogP contribution in [0.15, 0.2) is 30.3 Å². The second kappa shape index (κ2) is 6.15. The second-order valence-corrected chi connectivity index (χ2v) is 4.66. The van der Waals surface area contributed by atoms with Crippen LogP contribution in [0.3, 0.4) is 0 Å². The van der Waals surface area contributed by atoms with E-state index in [4.69, 9.17) is 4.74 Å². The Morgan fingerprint density at radius 1 is 1.41 bits per heavy atom. The topological polar surface area (TPSA) is 24.5 Å². The Kier molecular flexibility index (Phi) is 4.54. The van der Waals surface area contributed by atoms with Crippen molar-refractivity contribution < 1.29 is 4.74 Å². The van der Waals surface area contributed by atoms with E-state index in [0.29, 0.717) is 12.1 Å². The van der Waals surface area contributed by atoms with E-state index in [2.05, 4.69) is 47.5 Å². The molecule has 2 atom stereocenters. The summed E-state index contributed by atoms with van der Waals surface area (Å²) in [5, 5.41) is 3.30. The summed E-state index contributed by atoms with van der Waals surface area (Å²) in [7, 11) is 2.01. The molecule has 1 aliphatic rings. The van der Waals surface area contributed by atoms with E-state index < -0.39 is 0 Å². The number of likely N-dealkylation sites (N-methyl/N-ethyl adjacent to an activating group) is 1. The Balaban J connectivity index is 2.11. The number of hydrogen-bond acceptors (Lipinski definition) is 3. The molecule has 2 rings (SSSR count). The van der Waals surface area contributed by atoms with Crippen molar-refractivity contribution in [3.63, 3.8) is 0 Å². The number of hydrogen-bond donors (Lipinski definition) is 1. The van der Waals surface area contributed by atoms with Gasteiger partial charge in [0.1, 0.15) is 0 Å². The van der Waals surface area contributed by atoms with Gasteiger partial charge in [-0.2, -0.15) is 0 Å². The maximum Gasteiger partial charge on any atom is 0.0674 e. The lowest BCUT2D eigenvalue weighted by Crippen LogP contribution is -2.45. The minimum Gasteiger partial charge on any atom is -0.376 e. The van der Waals surface area contributed by atoms with E-state index in [-0.39, 0.29) is 0 Å². The van der Waals surface area contributed by atoms with Gasteiger partial charge in [-0.3, -0.25) is 4.90 Å². The molecule has 94 valence electrons. The van der Waals surface area contributed by atoms with Crippen LogP contribution in [0, 0.1) is 0 Å². The Bertz CT molecular complexity index is 328. The fraction of sp³-hybridized carbons (Fsp3) is 0.571. The maximum atomic E-state index is 5.61. The van der Waals surface area contributed by atoms with E-state index in [9.17, 15) is 0 Å². The summed E-state index contributed by atoms with van der Waals surface area (Å²) < 4.78 is 5.61. The summed E-state index contributed by atoms with van der Waals surface area (Å²) in [5.41, 5.74) is 1.39. The molecule has 1 aromatic carbocycles. The number of nitrogens with zero attached hydrogens (tertiary/aromatic N) is 1. The summed E-state index contributed by atoms with van der Waals surface area (Å²) in [6, 6.07) is 11.2. The van der Waals surface area contributed by atoms with Gasteiger partial charge in [0, 0.05) is 25.7 Å². The molecule has 0 amide bonds. The molecule has 0 radical (unpaired) electrons. The van der Waals surface area contributed by atoms with Crippen molar-refractivity contribution in [1.82, 2.24) is 10.2 Å². The lowest BCUT2D eigenvalue weighted by molar-refractivity contribution is -0.0342. The molecule has 1 aliphatic heterocycles. The summed E-state index contributed by atoms with van der Waals surface area (Å²) in [5.74, 6) is 0. The quantitative estimate of drug-likeness (QED) is 0.857. The molecule has 3 heteroatoms. The lowest BCUT2D eigenvalue weighted by atomic mass is 10.0. The zero-order chi connectivity index (χ0) is 12.1. The fourth-order valence-corrected chi connectivity index (χ4v) is 2.45. The van der Waals surface area contributed by atoms with E-state index in [1.165, 1.54) is 5.56 Å². The van der Waals surface area contributed by atoms with Crippen LogP contribution in [0.4, 0.5) is 0 Å². The summed E-state index contributed by atoms with van der Waals surface area (Å²) in [6.45, 7) is 6.01. The van der Waals surface area contributed by atoms with Gasteiger partial charge >= 0.3 is 0 Å². The van der Waals surface area contributed by atoms with Crippen LogP contribution in [0.1, 0.15) is 18.5 Å². The number of rotatable bonds is 4. The molecule has 0 bridgehead atoms. The number of nitrogens with one attached hydrogen (secondary N) is 1. The SMILES string of the molecule is CNCC(c1ccccc1)N1CCOC(C)C1. The predicted molar refractivity (Wildman–Crippen MR) is 70.1 cm³/mol. The Morgan fingerprint density at radius 2 is 2.18 bits per heavy atom. The number of benzene rings is 1. The molecule has 0 aliphatic carbocycles. The van der Waals surface area contributed by atoms with E-state index in [1.807, 2.05) is 7.05 Å². The molecular weight excluding hydrogens is 212 g/mol. The lowest BCUT2D eigenvalue weighted by Gasteiger charge is -2.37. The van der Waals surface area contributed by atoms with E-state index >= 15 is 0 Å². The molecule has 1 fully saturated rings. The predicted octanol–water partition coefficient (Wildman–Crippen LogP) is 1.67. The molecule has 1 N–H and O–H groups in total. The highest BCUT2D eigenvalue weighted by Gasteiger charge is 2.24. The molecule has 1 heterocycles. The molecule has 2 unspecified atom stereocenters. The van der Waals surface area contributed by atoms with Gasteiger partial charge in [0.2, 0.25) is 0 Å². The Morgan fingerprint density at radius 3 is 2.82 bits per heavy atom. The van der Waals surface area contributed by atoms with Crippen LogP contribution < -0.4 is 5.32 Å². The average Bonchev–Trinajstić information content (AvgIpc) is 2.37. The minimum atomic E-state index is 0.340. The van der Waals surface area contributed by atoms with Crippen molar-refractivity contribution in [2.24, 2.45) is 0 Å². The van der Waals surface area contributed by atoms with Crippen molar-refractivity contribution >= 4 is 0 Å². The Hall–Kier alpha value is -0.900. The number of morpholine rings is 1. The van der Waals surface area contributed by atoms with Crippen molar-refractivity contribution in [1.29, 1.82) is 0 Å². The molecule has 0 aromatic heterocycles. The molecule has 0 spiro atoms. The molecule has 3 nitrogen and oxygen atoms in total. The van der Waals surface area contributed by atoms with Gasteiger partial charge in [-0.25, -0.2) is 0 Å². The molecular formula is C14H22N2O. The van der Waals surface area contributed by atoms with Crippen LogP contribution in [0.2, 0.25) is 0 Å². The first-order valence-corrected chi connectivity index (χ1v) is 6.36. The Labute approximate surface area is 104 Å². The van der Waals surface area contributed by atoms with Gasteiger partial charge < -0.3 is 10.1 Å². The minimum absolute atomic E-state index is 0.340. The normalized spacial score (nSPS) is 23.5. The molecule has 1 saturated heterocycles. The van der Waals surface area contributed by atoms with Crippen molar-refractivity contribution in [3.05, 3.63) is 35.9 Å². The highest BCUT2D eigenvalue weighted by molar-refractivity contribution is 5.19. The van der Waals surface area contributed by atoms with Crippen molar-refractivity contribution in [3.8, 4) is 0 Å². The zero-order valence-electron chi connectivity index (χ0n) is 10.7. The third kappa shape index (κ3) is 3.28. The molecule has 0 saturated carbocycles. The van der Waals surface area contributed by atoms with Gasteiger partial charge in [-0.15, -0.1) is 0 Å². The van der Waals surface area contributed by atoms with Gasteiger partial charge in [0.15, 0.2) is 0 Å².